The number of carbonyl (C=O) groups is 1. The Bertz CT molecular complexity index is 1000. The van der Waals surface area contributed by atoms with Crippen LogP contribution in [-0.4, -0.2) is 28.8 Å². The van der Waals surface area contributed by atoms with Crippen molar-refractivity contribution in [3.8, 4) is 17.2 Å². The number of nitrogens with zero attached hydrogens (tertiary/aromatic N) is 3. The SMILES string of the molecule is CC(=O)Cc1ccc(-c2cnc3[nH]ccc3c2N2CCC(C#N)CC2)cc1. The van der Waals surface area contributed by atoms with Gasteiger partial charge in [-0.15, -0.1) is 0 Å². The molecule has 3 aromatic rings. The van der Waals surface area contributed by atoms with Gasteiger partial charge in [-0.05, 0) is 37.0 Å². The Balaban J connectivity index is 1.75. The fourth-order valence-electron chi connectivity index (χ4n) is 3.87. The Morgan fingerprint density at radius 1 is 1.26 bits per heavy atom. The van der Waals surface area contributed by atoms with E-state index in [1.165, 1.54) is 5.69 Å². The Labute approximate surface area is 158 Å². The third-order valence-electron chi connectivity index (χ3n) is 5.27. The zero-order chi connectivity index (χ0) is 18.8. The first-order valence-electron chi connectivity index (χ1n) is 9.35. The standard InChI is InChI=1S/C22H22N4O/c1-15(27)12-16-2-4-18(5-3-16)20-14-25-22-19(6-9-24-22)21(20)26-10-7-17(13-23)8-11-26/h2-6,9,14,17H,7-8,10-12H2,1H3,(H,24,25). The average molecular weight is 358 g/mol. The highest BCUT2D eigenvalue weighted by molar-refractivity contribution is 5.98. The van der Waals surface area contributed by atoms with E-state index in [0.717, 1.165) is 53.7 Å². The number of pyridine rings is 1. The van der Waals surface area contributed by atoms with Gasteiger partial charge in [0.2, 0.25) is 0 Å². The quantitative estimate of drug-likeness (QED) is 0.762. The van der Waals surface area contributed by atoms with Gasteiger partial charge < -0.3 is 9.88 Å². The molecular weight excluding hydrogens is 336 g/mol. The highest BCUT2D eigenvalue weighted by atomic mass is 16.1. The Morgan fingerprint density at radius 2 is 2.00 bits per heavy atom. The van der Waals surface area contributed by atoms with Crippen LogP contribution in [0.15, 0.2) is 42.7 Å². The number of nitrogens with one attached hydrogen (secondary N) is 1. The van der Waals surface area contributed by atoms with Crippen molar-refractivity contribution in [2.24, 2.45) is 5.92 Å². The molecule has 1 fully saturated rings. The lowest BCUT2D eigenvalue weighted by atomic mass is 9.95. The summed E-state index contributed by atoms with van der Waals surface area (Å²) in [5.41, 5.74) is 5.27. The first-order valence-corrected chi connectivity index (χ1v) is 9.35. The molecule has 0 atom stereocenters. The fraction of sp³-hybridized carbons (Fsp3) is 0.318. The molecule has 5 nitrogen and oxygen atoms in total. The summed E-state index contributed by atoms with van der Waals surface area (Å²) >= 11 is 0. The summed E-state index contributed by atoms with van der Waals surface area (Å²) in [6.45, 7) is 3.36. The maximum Gasteiger partial charge on any atom is 0.139 e. The first kappa shape index (κ1) is 17.3. The van der Waals surface area contributed by atoms with Crippen molar-refractivity contribution in [1.29, 1.82) is 5.26 Å². The number of nitriles is 1. The molecule has 1 aromatic carbocycles. The van der Waals surface area contributed by atoms with Crippen LogP contribution in [0.1, 0.15) is 25.3 Å². The predicted octanol–water partition coefficient (Wildman–Crippen LogP) is 4.10. The second kappa shape index (κ2) is 7.24. The molecule has 1 saturated heterocycles. The van der Waals surface area contributed by atoms with Gasteiger partial charge in [0.25, 0.3) is 0 Å². The van der Waals surface area contributed by atoms with Gasteiger partial charge in [0.1, 0.15) is 11.4 Å². The van der Waals surface area contributed by atoms with E-state index in [-0.39, 0.29) is 11.7 Å². The molecule has 2 aromatic heterocycles. The molecule has 0 saturated carbocycles. The van der Waals surface area contributed by atoms with Crippen LogP contribution in [0.25, 0.3) is 22.2 Å². The van der Waals surface area contributed by atoms with Gasteiger partial charge in [0.15, 0.2) is 0 Å². The molecule has 0 amide bonds. The minimum atomic E-state index is 0.152. The molecule has 1 aliphatic heterocycles. The summed E-state index contributed by atoms with van der Waals surface area (Å²) in [7, 11) is 0. The number of ketones is 1. The molecule has 3 heterocycles. The van der Waals surface area contributed by atoms with Gasteiger partial charge >= 0.3 is 0 Å². The van der Waals surface area contributed by atoms with Crippen LogP contribution < -0.4 is 4.90 Å². The first-order chi connectivity index (χ1) is 13.2. The van der Waals surface area contributed by atoms with Crippen molar-refractivity contribution in [2.75, 3.05) is 18.0 Å². The zero-order valence-electron chi connectivity index (χ0n) is 15.4. The van der Waals surface area contributed by atoms with Gasteiger partial charge in [-0.1, -0.05) is 24.3 Å². The summed E-state index contributed by atoms with van der Waals surface area (Å²) in [4.78, 5) is 21.5. The lowest BCUT2D eigenvalue weighted by Crippen LogP contribution is -2.33. The van der Waals surface area contributed by atoms with Crippen LogP contribution in [0.5, 0.6) is 0 Å². The van der Waals surface area contributed by atoms with E-state index in [0.29, 0.717) is 6.42 Å². The molecule has 0 bridgehead atoms. The summed E-state index contributed by atoms with van der Waals surface area (Å²) in [5.74, 6) is 0.318. The second-order valence-corrected chi connectivity index (χ2v) is 7.23. The number of piperidine rings is 1. The lowest BCUT2D eigenvalue weighted by Gasteiger charge is -2.33. The van der Waals surface area contributed by atoms with E-state index < -0.39 is 0 Å². The molecule has 0 aliphatic carbocycles. The molecular formula is C22H22N4O. The molecule has 0 unspecified atom stereocenters. The van der Waals surface area contributed by atoms with E-state index in [2.05, 4.69) is 39.1 Å². The van der Waals surface area contributed by atoms with Crippen LogP contribution in [0.4, 0.5) is 5.69 Å². The van der Waals surface area contributed by atoms with E-state index in [1.54, 1.807) is 6.92 Å². The molecule has 1 aliphatic rings. The summed E-state index contributed by atoms with van der Waals surface area (Å²) in [5, 5.41) is 10.3. The number of aromatic amines is 1. The van der Waals surface area contributed by atoms with Crippen molar-refractivity contribution in [1.82, 2.24) is 9.97 Å². The smallest absolute Gasteiger partial charge is 0.139 e. The maximum absolute atomic E-state index is 11.4. The number of rotatable bonds is 4. The minimum absolute atomic E-state index is 0.152. The highest BCUT2D eigenvalue weighted by Gasteiger charge is 2.23. The number of aromatic nitrogens is 2. The van der Waals surface area contributed by atoms with Crippen molar-refractivity contribution < 1.29 is 4.79 Å². The van der Waals surface area contributed by atoms with Crippen LogP contribution in [0, 0.1) is 17.2 Å². The average Bonchev–Trinajstić information content (AvgIpc) is 3.16. The van der Waals surface area contributed by atoms with Gasteiger partial charge in [0, 0.05) is 48.8 Å². The number of carbonyl (C=O) groups excluding carboxylic acids is 1. The number of Topliss-reactive ketones (excluding diaryl/α,β-unsaturated/α-hetero) is 1. The number of H-pyrrole nitrogens is 1. The fourth-order valence-corrected chi connectivity index (χ4v) is 3.87. The predicted molar refractivity (Wildman–Crippen MR) is 106 cm³/mol. The Kier molecular flexibility index (Phi) is 4.64. The molecule has 1 N–H and O–H groups in total. The molecule has 136 valence electrons. The Morgan fingerprint density at radius 3 is 2.67 bits per heavy atom. The number of benzene rings is 1. The van der Waals surface area contributed by atoms with Gasteiger partial charge in [-0.25, -0.2) is 4.98 Å². The van der Waals surface area contributed by atoms with Crippen LogP contribution in [-0.2, 0) is 11.2 Å². The van der Waals surface area contributed by atoms with Crippen molar-refractivity contribution >= 4 is 22.5 Å². The van der Waals surface area contributed by atoms with Crippen LogP contribution >= 0.6 is 0 Å². The van der Waals surface area contributed by atoms with E-state index in [4.69, 9.17) is 0 Å². The van der Waals surface area contributed by atoms with Crippen LogP contribution in [0.3, 0.4) is 0 Å². The van der Waals surface area contributed by atoms with Gasteiger partial charge in [-0.3, -0.25) is 4.79 Å². The summed E-state index contributed by atoms with van der Waals surface area (Å²) in [6.07, 6.45) is 6.08. The monoisotopic (exact) mass is 358 g/mol. The van der Waals surface area contributed by atoms with E-state index >= 15 is 0 Å². The van der Waals surface area contributed by atoms with Crippen LogP contribution in [0.2, 0.25) is 0 Å². The summed E-state index contributed by atoms with van der Waals surface area (Å²) < 4.78 is 0. The summed E-state index contributed by atoms with van der Waals surface area (Å²) in [6, 6.07) is 12.6. The van der Waals surface area contributed by atoms with E-state index in [1.807, 2.05) is 24.5 Å². The third-order valence-corrected chi connectivity index (χ3v) is 5.27. The Hall–Kier alpha value is -3.13. The van der Waals surface area contributed by atoms with Crippen molar-refractivity contribution in [3.05, 3.63) is 48.3 Å². The van der Waals surface area contributed by atoms with Gasteiger partial charge in [-0.2, -0.15) is 5.26 Å². The van der Waals surface area contributed by atoms with E-state index in [9.17, 15) is 10.1 Å². The van der Waals surface area contributed by atoms with Gasteiger partial charge in [0.05, 0.1) is 11.8 Å². The van der Waals surface area contributed by atoms with Crippen molar-refractivity contribution in [3.63, 3.8) is 0 Å². The number of anilines is 1. The second-order valence-electron chi connectivity index (χ2n) is 7.23. The lowest BCUT2D eigenvalue weighted by molar-refractivity contribution is -0.116. The molecule has 0 radical (unpaired) electrons. The minimum Gasteiger partial charge on any atom is -0.370 e. The largest absolute Gasteiger partial charge is 0.370 e. The normalized spacial score (nSPS) is 15.0. The highest BCUT2D eigenvalue weighted by Crippen LogP contribution is 2.38. The zero-order valence-corrected chi connectivity index (χ0v) is 15.4. The number of hydrogen-bond acceptors (Lipinski definition) is 4. The molecule has 4 rings (SSSR count). The molecule has 0 spiro atoms. The number of fused-ring (bicyclic) bond motifs is 1. The third kappa shape index (κ3) is 3.43. The topological polar surface area (TPSA) is 72.8 Å². The number of hydrogen-bond donors (Lipinski definition) is 1. The maximum atomic E-state index is 11.4. The molecule has 5 heteroatoms. The molecule has 27 heavy (non-hydrogen) atoms. The van der Waals surface area contributed by atoms with Crippen molar-refractivity contribution in [2.45, 2.75) is 26.2 Å².